The summed E-state index contributed by atoms with van der Waals surface area (Å²) in [6.45, 7) is 2.12. The Balaban J connectivity index is 2.65. The molecule has 0 spiro atoms. The third kappa shape index (κ3) is 2.90. The van der Waals surface area contributed by atoms with Crippen LogP contribution in [0.25, 0.3) is 0 Å². The molecule has 0 aromatic carbocycles. The van der Waals surface area contributed by atoms with Gasteiger partial charge in [0.05, 0.1) is 0 Å². The van der Waals surface area contributed by atoms with Crippen molar-refractivity contribution in [2.45, 2.75) is 13.0 Å². The molecule has 0 amide bonds. The van der Waals surface area contributed by atoms with Gasteiger partial charge in [-0.05, 0) is 11.8 Å². The molecule has 0 aliphatic rings. The molecule has 0 fully saturated rings. The average molecular weight is 197 g/mol. The van der Waals surface area contributed by atoms with Gasteiger partial charge in [-0.3, -0.25) is 0 Å². The van der Waals surface area contributed by atoms with Crippen molar-refractivity contribution >= 4 is 17.6 Å². The molecule has 0 saturated heterocycles. The number of hydrogen-bond acceptors (Lipinski definition) is 4. The van der Waals surface area contributed by atoms with E-state index in [4.69, 9.17) is 11.5 Å². The Morgan fingerprint density at radius 2 is 2.38 bits per heavy atom. The summed E-state index contributed by atoms with van der Waals surface area (Å²) in [5.74, 6) is 2.52. The minimum Gasteiger partial charge on any atom is -0.383 e. The monoisotopic (exact) mass is 197 g/mol. The number of nitrogens with zero attached hydrogens (tertiary/aromatic N) is 1. The van der Waals surface area contributed by atoms with Crippen LogP contribution in [0.15, 0.2) is 18.3 Å². The van der Waals surface area contributed by atoms with Gasteiger partial charge >= 0.3 is 0 Å². The summed E-state index contributed by atoms with van der Waals surface area (Å²) in [5.41, 5.74) is 12.6. The number of rotatable bonds is 4. The first-order valence-corrected chi connectivity index (χ1v) is 5.45. The van der Waals surface area contributed by atoms with Crippen molar-refractivity contribution in [3.63, 3.8) is 0 Å². The molecule has 0 aliphatic heterocycles. The second-order valence-electron chi connectivity index (χ2n) is 2.74. The Morgan fingerprint density at radius 3 is 3.00 bits per heavy atom. The maximum absolute atomic E-state index is 5.94. The molecule has 13 heavy (non-hydrogen) atoms. The van der Waals surface area contributed by atoms with Crippen molar-refractivity contribution in [2.24, 2.45) is 5.73 Å². The molecule has 0 saturated carbocycles. The normalized spacial score (nSPS) is 12.8. The minimum atomic E-state index is -0.00125. The molecule has 4 heteroatoms. The van der Waals surface area contributed by atoms with Crippen LogP contribution in [-0.2, 0) is 0 Å². The third-order valence-electron chi connectivity index (χ3n) is 1.77. The molecule has 0 radical (unpaired) electrons. The fourth-order valence-corrected chi connectivity index (χ4v) is 1.75. The molecule has 0 bridgehead atoms. The summed E-state index contributed by atoms with van der Waals surface area (Å²) < 4.78 is 0. The van der Waals surface area contributed by atoms with Gasteiger partial charge in [0.15, 0.2) is 0 Å². The van der Waals surface area contributed by atoms with E-state index < -0.39 is 0 Å². The van der Waals surface area contributed by atoms with E-state index in [0.717, 1.165) is 17.1 Å². The van der Waals surface area contributed by atoms with Crippen molar-refractivity contribution in [3.05, 3.63) is 23.9 Å². The quantitative estimate of drug-likeness (QED) is 0.766. The van der Waals surface area contributed by atoms with Gasteiger partial charge in [0.25, 0.3) is 0 Å². The summed E-state index contributed by atoms with van der Waals surface area (Å²) in [6, 6.07) is 3.80. The van der Waals surface area contributed by atoms with Crippen LogP contribution >= 0.6 is 11.8 Å². The lowest BCUT2D eigenvalue weighted by Gasteiger charge is -2.12. The van der Waals surface area contributed by atoms with Crippen molar-refractivity contribution in [1.82, 2.24) is 4.98 Å². The number of pyridine rings is 1. The van der Waals surface area contributed by atoms with E-state index in [-0.39, 0.29) is 6.04 Å². The second kappa shape index (κ2) is 5.09. The molecule has 1 unspecified atom stereocenters. The summed E-state index contributed by atoms with van der Waals surface area (Å²) in [7, 11) is 0. The molecular weight excluding hydrogens is 182 g/mol. The van der Waals surface area contributed by atoms with Gasteiger partial charge in [0.1, 0.15) is 5.82 Å². The van der Waals surface area contributed by atoms with Gasteiger partial charge in [0, 0.05) is 23.6 Å². The zero-order valence-electron chi connectivity index (χ0n) is 7.73. The molecular formula is C9H15N3S. The summed E-state index contributed by atoms with van der Waals surface area (Å²) in [5, 5.41) is 0. The highest BCUT2D eigenvalue weighted by atomic mass is 32.2. The van der Waals surface area contributed by atoms with Crippen LogP contribution < -0.4 is 11.5 Å². The number of hydrogen-bond donors (Lipinski definition) is 2. The molecule has 1 heterocycles. The zero-order chi connectivity index (χ0) is 9.68. The third-order valence-corrected chi connectivity index (χ3v) is 2.78. The lowest BCUT2D eigenvalue weighted by atomic mass is 10.1. The largest absolute Gasteiger partial charge is 0.383 e. The Hall–Kier alpha value is -0.740. The second-order valence-corrected chi connectivity index (χ2v) is 4.06. The lowest BCUT2D eigenvalue weighted by molar-refractivity contribution is 0.829. The highest BCUT2D eigenvalue weighted by Crippen LogP contribution is 2.19. The van der Waals surface area contributed by atoms with E-state index in [1.165, 1.54) is 0 Å². The molecule has 3 nitrogen and oxygen atoms in total. The molecule has 72 valence electrons. The predicted octanol–water partition coefficient (Wildman–Crippen LogP) is 1.42. The van der Waals surface area contributed by atoms with E-state index in [1.54, 1.807) is 6.20 Å². The van der Waals surface area contributed by atoms with E-state index in [9.17, 15) is 0 Å². The molecule has 1 rings (SSSR count). The first kappa shape index (κ1) is 10.3. The van der Waals surface area contributed by atoms with E-state index >= 15 is 0 Å². The lowest BCUT2D eigenvalue weighted by Crippen LogP contribution is -2.15. The van der Waals surface area contributed by atoms with Crippen LogP contribution in [0, 0.1) is 0 Å². The maximum Gasteiger partial charge on any atom is 0.128 e. The number of nitrogen functional groups attached to an aromatic ring is 1. The topological polar surface area (TPSA) is 64.9 Å². The van der Waals surface area contributed by atoms with E-state index in [2.05, 4.69) is 11.9 Å². The van der Waals surface area contributed by atoms with Gasteiger partial charge in [-0.15, -0.1) is 0 Å². The van der Waals surface area contributed by atoms with Gasteiger partial charge in [-0.1, -0.05) is 13.0 Å². The van der Waals surface area contributed by atoms with Crippen LogP contribution in [0.5, 0.6) is 0 Å². The number of nitrogens with two attached hydrogens (primary N) is 2. The van der Waals surface area contributed by atoms with Gasteiger partial charge in [0.2, 0.25) is 0 Å². The number of thioether (sulfide) groups is 1. The van der Waals surface area contributed by atoms with Gasteiger partial charge < -0.3 is 11.5 Å². The number of anilines is 1. The first-order valence-electron chi connectivity index (χ1n) is 4.29. The van der Waals surface area contributed by atoms with Crippen LogP contribution in [0.1, 0.15) is 18.5 Å². The molecule has 1 aromatic rings. The predicted molar refractivity (Wildman–Crippen MR) is 58.6 cm³/mol. The standard InChI is InChI=1S/C9H15N3S/c1-2-13-6-8(10)7-4-3-5-12-9(7)11/h3-5,8H,2,6,10H2,1H3,(H2,11,12). The van der Waals surface area contributed by atoms with Crippen molar-refractivity contribution in [1.29, 1.82) is 0 Å². The fourth-order valence-electron chi connectivity index (χ4n) is 1.08. The van der Waals surface area contributed by atoms with Crippen molar-refractivity contribution < 1.29 is 0 Å². The molecule has 1 atom stereocenters. The Kier molecular flexibility index (Phi) is 4.05. The van der Waals surface area contributed by atoms with Gasteiger partial charge in [-0.25, -0.2) is 4.98 Å². The fraction of sp³-hybridized carbons (Fsp3) is 0.444. The molecule has 1 aromatic heterocycles. The first-order chi connectivity index (χ1) is 6.25. The Labute approximate surface area is 82.9 Å². The van der Waals surface area contributed by atoms with Crippen LogP contribution in [0.2, 0.25) is 0 Å². The smallest absolute Gasteiger partial charge is 0.128 e. The van der Waals surface area contributed by atoms with Crippen molar-refractivity contribution in [3.8, 4) is 0 Å². The van der Waals surface area contributed by atoms with Gasteiger partial charge in [-0.2, -0.15) is 11.8 Å². The zero-order valence-corrected chi connectivity index (χ0v) is 8.55. The van der Waals surface area contributed by atoms with Crippen molar-refractivity contribution in [2.75, 3.05) is 17.2 Å². The molecule has 4 N–H and O–H groups in total. The Bertz CT molecular complexity index is 265. The van der Waals surface area contributed by atoms with E-state index in [0.29, 0.717) is 5.82 Å². The maximum atomic E-state index is 5.94. The van der Waals surface area contributed by atoms with Crippen LogP contribution in [0.3, 0.4) is 0 Å². The van der Waals surface area contributed by atoms with E-state index in [1.807, 2.05) is 23.9 Å². The summed E-state index contributed by atoms with van der Waals surface area (Å²) in [6.07, 6.45) is 1.68. The van der Waals surface area contributed by atoms with Crippen LogP contribution in [-0.4, -0.2) is 16.5 Å². The molecule has 0 aliphatic carbocycles. The summed E-state index contributed by atoms with van der Waals surface area (Å²) >= 11 is 1.81. The highest BCUT2D eigenvalue weighted by Gasteiger charge is 2.08. The van der Waals surface area contributed by atoms with Crippen LogP contribution in [0.4, 0.5) is 5.82 Å². The Morgan fingerprint density at radius 1 is 1.62 bits per heavy atom. The number of aromatic nitrogens is 1. The minimum absolute atomic E-state index is 0.00125. The average Bonchev–Trinajstić information content (AvgIpc) is 2.15. The SMILES string of the molecule is CCSCC(N)c1cccnc1N. The highest BCUT2D eigenvalue weighted by molar-refractivity contribution is 7.99. The summed E-state index contributed by atoms with van der Waals surface area (Å²) in [4.78, 5) is 4.00.